The fourth-order valence-corrected chi connectivity index (χ4v) is 4.62. The Labute approximate surface area is 167 Å². The van der Waals surface area contributed by atoms with E-state index in [1.807, 2.05) is 0 Å². The van der Waals surface area contributed by atoms with Crippen molar-refractivity contribution in [1.29, 1.82) is 0 Å². The maximum atomic E-state index is 12.8. The molecule has 1 aromatic rings. The first kappa shape index (κ1) is 22.6. The van der Waals surface area contributed by atoms with Crippen molar-refractivity contribution in [3.05, 3.63) is 23.8 Å². The molecule has 0 spiro atoms. The van der Waals surface area contributed by atoms with Crippen LogP contribution in [0.15, 0.2) is 23.1 Å². The first-order valence-corrected chi connectivity index (χ1v) is 11.1. The number of anilines is 1. The Hall–Kier alpha value is -1.68. The van der Waals surface area contributed by atoms with Crippen molar-refractivity contribution in [2.45, 2.75) is 37.7 Å². The Kier molecular flexibility index (Phi) is 8.68. The highest BCUT2D eigenvalue weighted by Crippen LogP contribution is 2.23. The standard InChI is InChI=1S/C19H31N3O5S/c1-4-22(5-2)28(24,25)16-8-9-18(20-10-12-26-3)17(13-16)19(23)21-14-15-7-6-11-27-15/h8-9,13,15,20H,4-7,10-12,14H2,1-3H3,(H,21,23). The van der Waals surface area contributed by atoms with E-state index in [1.54, 1.807) is 27.0 Å². The van der Waals surface area contributed by atoms with Gasteiger partial charge in [-0.15, -0.1) is 0 Å². The molecule has 1 fully saturated rings. The number of methoxy groups -OCH3 is 1. The van der Waals surface area contributed by atoms with E-state index in [0.717, 1.165) is 12.8 Å². The number of sulfonamides is 1. The molecule has 1 saturated heterocycles. The monoisotopic (exact) mass is 413 g/mol. The lowest BCUT2D eigenvalue weighted by molar-refractivity contribution is 0.0858. The van der Waals surface area contributed by atoms with Crippen LogP contribution in [0.2, 0.25) is 0 Å². The van der Waals surface area contributed by atoms with Crippen LogP contribution in [0.4, 0.5) is 5.69 Å². The van der Waals surface area contributed by atoms with Gasteiger partial charge in [0.1, 0.15) is 0 Å². The Balaban J connectivity index is 2.27. The van der Waals surface area contributed by atoms with Gasteiger partial charge in [0.05, 0.1) is 23.2 Å². The van der Waals surface area contributed by atoms with Crippen molar-refractivity contribution in [2.24, 2.45) is 0 Å². The van der Waals surface area contributed by atoms with Gasteiger partial charge >= 0.3 is 0 Å². The van der Waals surface area contributed by atoms with Crippen LogP contribution < -0.4 is 10.6 Å². The number of rotatable bonds is 11. The van der Waals surface area contributed by atoms with Gasteiger partial charge in [0.2, 0.25) is 10.0 Å². The molecule has 1 atom stereocenters. The third-order valence-electron chi connectivity index (χ3n) is 4.71. The Morgan fingerprint density at radius 2 is 2.07 bits per heavy atom. The molecule has 1 aromatic carbocycles. The second-order valence-corrected chi connectivity index (χ2v) is 8.50. The molecule has 1 aliphatic rings. The number of hydrogen-bond acceptors (Lipinski definition) is 6. The quantitative estimate of drug-likeness (QED) is 0.536. The molecule has 1 aliphatic heterocycles. The molecule has 0 saturated carbocycles. The zero-order valence-corrected chi connectivity index (χ0v) is 17.7. The van der Waals surface area contributed by atoms with Gasteiger partial charge in [-0.2, -0.15) is 4.31 Å². The van der Waals surface area contributed by atoms with Crippen molar-refractivity contribution in [3.63, 3.8) is 0 Å². The number of amides is 1. The molecule has 9 heteroatoms. The van der Waals surface area contributed by atoms with Gasteiger partial charge in [0.15, 0.2) is 0 Å². The van der Waals surface area contributed by atoms with Crippen molar-refractivity contribution >= 4 is 21.6 Å². The molecule has 0 aromatic heterocycles. The Morgan fingerprint density at radius 3 is 2.68 bits per heavy atom. The highest BCUT2D eigenvalue weighted by atomic mass is 32.2. The molecule has 8 nitrogen and oxygen atoms in total. The molecular weight excluding hydrogens is 382 g/mol. The Bertz CT molecular complexity index is 744. The summed E-state index contributed by atoms with van der Waals surface area (Å²) >= 11 is 0. The number of hydrogen-bond donors (Lipinski definition) is 2. The number of nitrogens with one attached hydrogen (secondary N) is 2. The smallest absolute Gasteiger partial charge is 0.253 e. The lowest BCUT2D eigenvalue weighted by Gasteiger charge is -2.20. The zero-order chi connectivity index (χ0) is 20.6. The topological polar surface area (TPSA) is 97.0 Å². The van der Waals surface area contributed by atoms with Crippen LogP contribution >= 0.6 is 0 Å². The zero-order valence-electron chi connectivity index (χ0n) is 16.9. The van der Waals surface area contributed by atoms with Crippen molar-refractivity contribution in [1.82, 2.24) is 9.62 Å². The van der Waals surface area contributed by atoms with Crippen LogP contribution in [0.3, 0.4) is 0 Å². The van der Waals surface area contributed by atoms with Crippen LogP contribution in [-0.4, -0.2) is 71.2 Å². The summed E-state index contributed by atoms with van der Waals surface area (Å²) in [6, 6.07) is 4.60. The van der Waals surface area contributed by atoms with Crippen LogP contribution in [0.25, 0.3) is 0 Å². The maximum absolute atomic E-state index is 12.8. The first-order chi connectivity index (χ1) is 13.4. The molecule has 1 amide bonds. The average Bonchev–Trinajstić information content (AvgIpc) is 3.20. The third kappa shape index (κ3) is 5.66. The minimum absolute atomic E-state index is 0.0106. The molecule has 28 heavy (non-hydrogen) atoms. The second-order valence-electron chi connectivity index (χ2n) is 6.56. The largest absolute Gasteiger partial charge is 0.383 e. The van der Waals surface area contributed by atoms with E-state index in [-0.39, 0.29) is 16.9 Å². The van der Waals surface area contributed by atoms with Crippen LogP contribution in [0.1, 0.15) is 37.0 Å². The summed E-state index contributed by atoms with van der Waals surface area (Å²) < 4.78 is 37.6. The highest BCUT2D eigenvalue weighted by Gasteiger charge is 2.24. The molecule has 0 aliphatic carbocycles. The van der Waals surface area contributed by atoms with Crippen molar-refractivity contribution in [2.75, 3.05) is 51.8 Å². The summed E-state index contributed by atoms with van der Waals surface area (Å²) in [5.41, 5.74) is 0.864. The third-order valence-corrected chi connectivity index (χ3v) is 6.76. The molecular formula is C19H31N3O5S. The van der Waals surface area contributed by atoms with E-state index < -0.39 is 10.0 Å². The summed E-state index contributed by atoms with van der Waals surface area (Å²) in [6.07, 6.45) is 1.91. The predicted molar refractivity (Wildman–Crippen MR) is 108 cm³/mol. The predicted octanol–water partition coefficient (Wildman–Crippen LogP) is 1.68. The molecule has 0 radical (unpaired) electrons. The highest BCUT2D eigenvalue weighted by molar-refractivity contribution is 7.89. The van der Waals surface area contributed by atoms with Crippen LogP contribution in [0.5, 0.6) is 0 Å². The van der Waals surface area contributed by atoms with Gasteiger partial charge in [-0.3, -0.25) is 4.79 Å². The fourth-order valence-electron chi connectivity index (χ4n) is 3.13. The summed E-state index contributed by atoms with van der Waals surface area (Å²) in [5, 5.41) is 6.00. The van der Waals surface area contributed by atoms with E-state index in [4.69, 9.17) is 9.47 Å². The minimum Gasteiger partial charge on any atom is -0.383 e. The van der Waals surface area contributed by atoms with E-state index >= 15 is 0 Å². The van der Waals surface area contributed by atoms with Crippen LogP contribution in [0, 0.1) is 0 Å². The SMILES string of the molecule is CCN(CC)S(=O)(=O)c1ccc(NCCOC)c(C(=O)NCC2CCCO2)c1. The van der Waals surface area contributed by atoms with Gasteiger partial charge in [-0.1, -0.05) is 13.8 Å². The molecule has 0 bridgehead atoms. The van der Waals surface area contributed by atoms with E-state index in [2.05, 4.69) is 10.6 Å². The van der Waals surface area contributed by atoms with Crippen LogP contribution in [-0.2, 0) is 19.5 Å². The number of carbonyl (C=O) groups excluding carboxylic acids is 1. The van der Waals surface area contributed by atoms with E-state index in [0.29, 0.717) is 50.6 Å². The summed E-state index contributed by atoms with van der Waals surface area (Å²) in [5.74, 6) is -0.327. The maximum Gasteiger partial charge on any atom is 0.253 e. The van der Waals surface area contributed by atoms with Gasteiger partial charge in [0.25, 0.3) is 5.91 Å². The molecule has 1 heterocycles. The average molecular weight is 414 g/mol. The lowest BCUT2D eigenvalue weighted by atomic mass is 10.1. The van der Waals surface area contributed by atoms with Crippen molar-refractivity contribution in [3.8, 4) is 0 Å². The van der Waals surface area contributed by atoms with Gasteiger partial charge in [-0.05, 0) is 31.0 Å². The lowest BCUT2D eigenvalue weighted by Crippen LogP contribution is -2.33. The first-order valence-electron chi connectivity index (χ1n) is 9.70. The normalized spacial score (nSPS) is 17.1. The summed E-state index contributed by atoms with van der Waals surface area (Å²) in [6.45, 7) is 6.40. The van der Waals surface area contributed by atoms with E-state index in [9.17, 15) is 13.2 Å². The van der Waals surface area contributed by atoms with Gasteiger partial charge < -0.3 is 20.1 Å². The summed E-state index contributed by atoms with van der Waals surface area (Å²) in [4.78, 5) is 12.9. The van der Waals surface area contributed by atoms with E-state index in [1.165, 1.54) is 16.4 Å². The number of carbonyl (C=O) groups is 1. The molecule has 2 rings (SSSR count). The van der Waals surface area contributed by atoms with Crippen molar-refractivity contribution < 1.29 is 22.7 Å². The molecule has 158 valence electrons. The fraction of sp³-hybridized carbons (Fsp3) is 0.632. The molecule has 2 N–H and O–H groups in total. The minimum atomic E-state index is -3.65. The van der Waals surface area contributed by atoms with Gasteiger partial charge in [-0.25, -0.2) is 8.42 Å². The second kappa shape index (κ2) is 10.8. The Morgan fingerprint density at radius 1 is 1.32 bits per heavy atom. The molecule has 1 unspecified atom stereocenters. The number of benzene rings is 1. The number of ether oxygens (including phenoxy) is 2. The number of nitrogens with zero attached hydrogens (tertiary/aromatic N) is 1. The summed E-state index contributed by atoms with van der Waals surface area (Å²) in [7, 11) is -2.06. The van der Waals surface area contributed by atoms with Gasteiger partial charge in [0, 0.05) is 45.6 Å².